The number of nitrogens with one attached hydrogen (secondary N) is 2. The highest BCUT2D eigenvalue weighted by atomic mass is 32.2. The Bertz CT molecular complexity index is 1100. The first-order valence-corrected chi connectivity index (χ1v) is 10.5. The molecule has 0 atom stereocenters. The van der Waals surface area contributed by atoms with Crippen molar-refractivity contribution in [2.24, 2.45) is 0 Å². The Morgan fingerprint density at radius 1 is 1.00 bits per heavy atom. The Morgan fingerprint density at radius 2 is 1.71 bits per heavy atom. The first kappa shape index (κ1) is 18.3. The van der Waals surface area contributed by atoms with Gasteiger partial charge in [-0.05, 0) is 60.6 Å². The second kappa shape index (κ2) is 7.53. The summed E-state index contributed by atoms with van der Waals surface area (Å²) in [6.07, 6.45) is 3.88. The topological polar surface area (TPSA) is 87.2 Å². The average Bonchev–Trinajstić information content (AvgIpc) is 3.13. The van der Waals surface area contributed by atoms with E-state index in [2.05, 4.69) is 26.1 Å². The maximum atomic E-state index is 12.4. The molecule has 1 aliphatic heterocycles. The van der Waals surface area contributed by atoms with Crippen molar-refractivity contribution in [3.8, 4) is 0 Å². The molecular formula is C19H17N5O2S2. The van der Waals surface area contributed by atoms with Crippen LogP contribution in [-0.4, -0.2) is 30.0 Å². The van der Waals surface area contributed by atoms with E-state index in [4.69, 9.17) is 12.2 Å². The van der Waals surface area contributed by atoms with E-state index in [0.29, 0.717) is 10.8 Å². The Labute approximate surface area is 168 Å². The van der Waals surface area contributed by atoms with Gasteiger partial charge in [-0.15, -0.1) is 0 Å². The van der Waals surface area contributed by atoms with Crippen molar-refractivity contribution in [1.29, 1.82) is 0 Å². The zero-order chi connectivity index (χ0) is 19.6. The molecule has 1 aromatic heterocycles. The molecule has 1 aliphatic rings. The Balaban J connectivity index is 1.46. The van der Waals surface area contributed by atoms with Crippen LogP contribution in [0.5, 0.6) is 0 Å². The maximum absolute atomic E-state index is 12.4. The van der Waals surface area contributed by atoms with Gasteiger partial charge in [0.1, 0.15) is 0 Å². The van der Waals surface area contributed by atoms with Crippen LogP contribution in [0.25, 0.3) is 0 Å². The summed E-state index contributed by atoms with van der Waals surface area (Å²) in [5.41, 5.74) is 3.08. The minimum atomic E-state index is -3.76. The number of benzene rings is 2. The Morgan fingerprint density at radius 3 is 2.46 bits per heavy atom. The van der Waals surface area contributed by atoms with Gasteiger partial charge in [0, 0.05) is 30.3 Å². The maximum Gasteiger partial charge on any atom is 0.264 e. The van der Waals surface area contributed by atoms with E-state index in [-0.39, 0.29) is 10.8 Å². The van der Waals surface area contributed by atoms with Gasteiger partial charge in [-0.2, -0.15) is 0 Å². The molecule has 0 spiro atoms. The molecule has 0 aliphatic carbocycles. The van der Waals surface area contributed by atoms with E-state index in [9.17, 15) is 8.42 Å². The van der Waals surface area contributed by atoms with E-state index in [1.165, 1.54) is 30.1 Å². The molecule has 4 rings (SSSR count). The van der Waals surface area contributed by atoms with E-state index >= 15 is 0 Å². The molecule has 0 bridgehead atoms. The van der Waals surface area contributed by atoms with Crippen LogP contribution in [-0.2, 0) is 16.4 Å². The minimum Gasteiger partial charge on any atom is -0.332 e. The summed E-state index contributed by atoms with van der Waals surface area (Å²) in [7, 11) is -3.76. The number of sulfonamides is 1. The molecule has 0 saturated heterocycles. The Hall–Kier alpha value is -3.04. The van der Waals surface area contributed by atoms with Gasteiger partial charge >= 0.3 is 0 Å². The third kappa shape index (κ3) is 3.80. The third-order valence-electron chi connectivity index (χ3n) is 4.34. The number of nitrogens with zero attached hydrogens (tertiary/aromatic N) is 3. The van der Waals surface area contributed by atoms with Crippen molar-refractivity contribution in [2.75, 3.05) is 21.5 Å². The number of aromatic nitrogens is 2. The normalized spacial score (nSPS) is 13.1. The predicted molar refractivity (Wildman–Crippen MR) is 113 cm³/mol. The van der Waals surface area contributed by atoms with Gasteiger partial charge in [0.2, 0.25) is 5.95 Å². The van der Waals surface area contributed by atoms with Crippen molar-refractivity contribution in [3.63, 3.8) is 0 Å². The molecule has 7 nitrogen and oxygen atoms in total. The second-order valence-electron chi connectivity index (χ2n) is 6.16. The fourth-order valence-electron chi connectivity index (χ4n) is 2.99. The molecule has 28 heavy (non-hydrogen) atoms. The number of hydrogen-bond acceptors (Lipinski definition) is 5. The lowest BCUT2D eigenvalue weighted by atomic mass is 10.2. The molecular weight excluding hydrogens is 394 g/mol. The quantitative estimate of drug-likeness (QED) is 0.638. The van der Waals surface area contributed by atoms with Gasteiger partial charge < -0.3 is 10.2 Å². The summed E-state index contributed by atoms with van der Waals surface area (Å²) in [4.78, 5) is 9.90. The number of fused-ring (bicyclic) bond motifs is 1. The van der Waals surface area contributed by atoms with Gasteiger partial charge in [0.15, 0.2) is 5.11 Å². The number of hydrogen-bond donors (Lipinski definition) is 2. The number of anilines is 3. The summed E-state index contributed by atoms with van der Waals surface area (Å²) in [5, 5.41) is 3.75. The third-order valence-corrected chi connectivity index (χ3v) is 6.01. The van der Waals surface area contributed by atoms with Crippen molar-refractivity contribution in [2.45, 2.75) is 11.3 Å². The largest absolute Gasteiger partial charge is 0.332 e. The van der Waals surface area contributed by atoms with Crippen LogP contribution in [0.15, 0.2) is 71.9 Å². The summed E-state index contributed by atoms with van der Waals surface area (Å²) >= 11 is 5.53. The van der Waals surface area contributed by atoms with Crippen LogP contribution < -0.4 is 14.9 Å². The van der Waals surface area contributed by atoms with Crippen LogP contribution in [0.2, 0.25) is 0 Å². The van der Waals surface area contributed by atoms with E-state index < -0.39 is 10.0 Å². The Kier molecular flexibility index (Phi) is 4.93. The van der Waals surface area contributed by atoms with Crippen molar-refractivity contribution in [3.05, 3.63) is 72.6 Å². The van der Waals surface area contributed by atoms with Gasteiger partial charge in [0.05, 0.1) is 4.90 Å². The summed E-state index contributed by atoms with van der Waals surface area (Å²) in [5.74, 6) is 0.0265. The molecule has 0 radical (unpaired) electrons. The summed E-state index contributed by atoms with van der Waals surface area (Å²) < 4.78 is 27.2. The number of rotatable bonds is 4. The lowest BCUT2D eigenvalue weighted by Crippen LogP contribution is -2.33. The van der Waals surface area contributed by atoms with E-state index in [1.54, 1.807) is 18.2 Å². The van der Waals surface area contributed by atoms with E-state index in [0.717, 1.165) is 18.7 Å². The second-order valence-corrected chi connectivity index (χ2v) is 8.23. The molecule has 142 valence electrons. The molecule has 0 saturated carbocycles. The lowest BCUT2D eigenvalue weighted by molar-refractivity contribution is 0.601. The van der Waals surface area contributed by atoms with Crippen molar-refractivity contribution < 1.29 is 8.42 Å². The standard InChI is InChI=1S/C19H17N5O2S2/c25-28(26,23-18-20-11-3-12-21-18)16-8-6-15(7-9-16)22-19(27)24-13-10-14-4-1-2-5-17(14)24/h1-9,11-12H,10,13H2,(H,22,27)(H,20,21,23). The number of para-hydroxylation sites is 1. The predicted octanol–water partition coefficient (Wildman–Crippen LogP) is 3.04. The average molecular weight is 412 g/mol. The zero-order valence-corrected chi connectivity index (χ0v) is 16.4. The molecule has 2 aromatic carbocycles. The molecule has 0 amide bonds. The van der Waals surface area contributed by atoms with Crippen molar-refractivity contribution in [1.82, 2.24) is 9.97 Å². The zero-order valence-electron chi connectivity index (χ0n) is 14.7. The van der Waals surface area contributed by atoms with Gasteiger partial charge in [-0.1, -0.05) is 18.2 Å². The van der Waals surface area contributed by atoms with Crippen LogP contribution in [0, 0.1) is 0 Å². The van der Waals surface area contributed by atoms with Crippen LogP contribution in [0.4, 0.5) is 17.3 Å². The molecule has 9 heteroatoms. The molecule has 0 unspecified atom stereocenters. The lowest BCUT2D eigenvalue weighted by Gasteiger charge is -2.21. The van der Waals surface area contributed by atoms with E-state index in [1.807, 2.05) is 23.1 Å². The highest BCUT2D eigenvalue weighted by molar-refractivity contribution is 7.92. The number of thiocarbonyl (C=S) groups is 1. The first-order valence-electron chi connectivity index (χ1n) is 8.59. The highest BCUT2D eigenvalue weighted by Gasteiger charge is 2.22. The van der Waals surface area contributed by atoms with Gasteiger partial charge in [-0.3, -0.25) is 0 Å². The highest BCUT2D eigenvalue weighted by Crippen LogP contribution is 2.28. The monoisotopic (exact) mass is 411 g/mol. The van der Waals surface area contributed by atoms with Crippen LogP contribution >= 0.6 is 12.2 Å². The minimum absolute atomic E-state index is 0.0265. The smallest absolute Gasteiger partial charge is 0.264 e. The fourth-order valence-corrected chi connectivity index (χ4v) is 4.25. The molecule has 3 aromatic rings. The van der Waals surface area contributed by atoms with Crippen LogP contribution in [0.1, 0.15) is 5.56 Å². The summed E-state index contributed by atoms with van der Waals surface area (Å²) in [6.45, 7) is 0.818. The SMILES string of the molecule is O=S(=O)(Nc1ncccn1)c1ccc(NC(=S)N2CCc3ccccc32)cc1. The molecule has 0 fully saturated rings. The van der Waals surface area contributed by atoms with Gasteiger partial charge in [-0.25, -0.2) is 23.1 Å². The first-order chi connectivity index (χ1) is 13.5. The fraction of sp³-hybridized carbons (Fsp3) is 0.105. The molecule has 2 heterocycles. The van der Waals surface area contributed by atoms with Crippen molar-refractivity contribution >= 4 is 44.7 Å². The van der Waals surface area contributed by atoms with Crippen LogP contribution in [0.3, 0.4) is 0 Å². The molecule has 2 N–H and O–H groups in total. The summed E-state index contributed by atoms with van der Waals surface area (Å²) in [6, 6.07) is 16.1. The van der Waals surface area contributed by atoms with Gasteiger partial charge in [0.25, 0.3) is 10.0 Å².